The predicted molar refractivity (Wildman–Crippen MR) is 112 cm³/mol. The van der Waals surface area contributed by atoms with Crippen LogP contribution in [0.5, 0.6) is 0 Å². The van der Waals surface area contributed by atoms with E-state index in [0.29, 0.717) is 29.0 Å². The minimum absolute atomic E-state index is 0.0465. The SMILES string of the molecule is CCNc1cc2ncnc(NCCCCN3CCSCC3)c2cc1[N+](=O)[O-]. The van der Waals surface area contributed by atoms with Crippen molar-refractivity contribution in [3.05, 3.63) is 28.6 Å². The van der Waals surface area contributed by atoms with Gasteiger partial charge in [-0.2, -0.15) is 11.8 Å². The van der Waals surface area contributed by atoms with Gasteiger partial charge in [0.15, 0.2) is 0 Å². The molecule has 27 heavy (non-hydrogen) atoms. The highest BCUT2D eigenvalue weighted by atomic mass is 32.2. The van der Waals surface area contributed by atoms with Crippen LogP contribution in [0.4, 0.5) is 17.2 Å². The number of hydrogen-bond donors (Lipinski definition) is 2. The number of hydrogen-bond acceptors (Lipinski definition) is 8. The first-order valence-corrected chi connectivity index (χ1v) is 10.6. The van der Waals surface area contributed by atoms with E-state index in [2.05, 4.69) is 25.5 Å². The number of nitro benzene ring substituents is 1. The maximum Gasteiger partial charge on any atom is 0.293 e. The van der Waals surface area contributed by atoms with Crippen LogP contribution in [0, 0.1) is 10.1 Å². The van der Waals surface area contributed by atoms with Gasteiger partial charge < -0.3 is 15.5 Å². The third-order valence-electron chi connectivity index (χ3n) is 4.61. The Kier molecular flexibility index (Phi) is 7.05. The van der Waals surface area contributed by atoms with Gasteiger partial charge in [-0.3, -0.25) is 10.1 Å². The first-order valence-electron chi connectivity index (χ1n) is 9.40. The zero-order valence-corrected chi connectivity index (χ0v) is 16.4. The highest BCUT2D eigenvalue weighted by molar-refractivity contribution is 7.99. The van der Waals surface area contributed by atoms with E-state index in [9.17, 15) is 10.1 Å². The summed E-state index contributed by atoms with van der Waals surface area (Å²) in [5.41, 5.74) is 1.23. The molecule has 0 aliphatic carbocycles. The molecule has 0 atom stereocenters. The van der Waals surface area contributed by atoms with E-state index in [1.807, 2.05) is 18.7 Å². The lowest BCUT2D eigenvalue weighted by Gasteiger charge is -2.25. The van der Waals surface area contributed by atoms with Gasteiger partial charge in [0.25, 0.3) is 5.69 Å². The van der Waals surface area contributed by atoms with Gasteiger partial charge in [-0.05, 0) is 32.4 Å². The first-order chi connectivity index (χ1) is 13.2. The summed E-state index contributed by atoms with van der Waals surface area (Å²) in [4.78, 5) is 22.1. The molecule has 0 bridgehead atoms. The van der Waals surface area contributed by atoms with Gasteiger partial charge in [-0.1, -0.05) is 0 Å². The lowest BCUT2D eigenvalue weighted by atomic mass is 10.1. The predicted octanol–water partition coefficient (Wildman–Crippen LogP) is 3.21. The molecule has 0 unspecified atom stereocenters. The van der Waals surface area contributed by atoms with E-state index in [0.717, 1.165) is 25.9 Å². The smallest absolute Gasteiger partial charge is 0.293 e. The minimum Gasteiger partial charge on any atom is -0.380 e. The van der Waals surface area contributed by atoms with Crippen LogP contribution in [0.3, 0.4) is 0 Å². The average molecular weight is 391 g/mol. The summed E-state index contributed by atoms with van der Waals surface area (Å²) in [7, 11) is 0. The van der Waals surface area contributed by atoms with E-state index in [1.54, 1.807) is 12.1 Å². The fourth-order valence-corrected chi connectivity index (χ4v) is 4.19. The lowest BCUT2D eigenvalue weighted by Crippen LogP contribution is -2.33. The third-order valence-corrected chi connectivity index (χ3v) is 5.56. The highest BCUT2D eigenvalue weighted by Crippen LogP contribution is 2.31. The normalized spacial score (nSPS) is 15.0. The third kappa shape index (κ3) is 5.20. The van der Waals surface area contributed by atoms with Crippen LogP contribution in [-0.2, 0) is 0 Å². The molecule has 1 aliphatic rings. The summed E-state index contributed by atoms with van der Waals surface area (Å²) in [6, 6.07) is 3.28. The molecule has 1 fully saturated rings. The second-order valence-corrected chi connectivity index (χ2v) is 7.71. The Balaban J connectivity index is 1.63. The molecule has 0 amide bonds. The minimum atomic E-state index is -0.370. The molecule has 0 radical (unpaired) electrons. The largest absolute Gasteiger partial charge is 0.380 e. The lowest BCUT2D eigenvalue weighted by molar-refractivity contribution is -0.383. The van der Waals surface area contributed by atoms with Crippen molar-refractivity contribution >= 4 is 39.9 Å². The topological polar surface area (TPSA) is 96.2 Å². The maximum atomic E-state index is 11.4. The van der Waals surface area contributed by atoms with Crippen molar-refractivity contribution in [2.75, 3.05) is 54.9 Å². The van der Waals surface area contributed by atoms with Crippen LogP contribution in [0.15, 0.2) is 18.5 Å². The molecule has 2 N–H and O–H groups in total. The molecule has 0 saturated carbocycles. The Morgan fingerprint density at radius 2 is 2.04 bits per heavy atom. The number of aromatic nitrogens is 2. The Hall–Kier alpha value is -2.13. The van der Waals surface area contributed by atoms with Gasteiger partial charge in [0.05, 0.1) is 10.4 Å². The molecule has 3 rings (SSSR count). The molecule has 146 valence electrons. The molecule has 2 heterocycles. The van der Waals surface area contributed by atoms with Gasteiger partial charge in [0.2, 0.25) is 0 Å². The van der Waals surface area contributed by atoms with Crippen LogP contribution in [0.2, 0.25) is 0 Å². The number of rotatable bonds is 9. The monoisotopic (exact) mass is 390 g/mol. The number of nitrogens with zero attached hydrogens (tertiary/aromatic N) is 4. The molecule has 2 aromatic rings. The van der Waals surface area contributed by atoms with Gasteiger partial charge in [0.1, 0.15) is 17.8 Å². The van der Waals surface area contributed by atoms with Crippen LogP contribution < -0.4 is 10.6 Å². The summed E-state index contributed by atoms with van der Waals surface area (Å²) in [6.07, 6.45) is 3.66. The Labute approximate surface area is 163 Å². The molecule has 0 spiro atoms. The van der Waals surface area contributed by atoms with E-state index < -0.39 is 0 Å². The molecule has 1 aromatic carbocycles. The summed E-state index contributed by atoms with van der Waals surface area (Å²) < 4.78 is 0. The second-order valence-electron chi connectivity index (χ2n) is 6.48. The summed E-state index contributed by atoms with van der Waals surface area (Å²) >= 11 is 2.03. The molecule has 1 saturated heterocycles. The fraction of sp³-hybridized carbons (Fsp3) is 0.556. The van der Waals surface area contributed by atoms with Crippen molar-refractivity contribution in [1.82, 2.24) is 14.9 Å². The van der Waals surface area contributed by atoms with E-state index in [1.165, 1.54) is 30.9 Å². The summed E-state index contributed by atoms with van der Waals surface area (Å²) in [5, 5.41) is 18.4. The van der Waals surface area contributed by atoms with Crippen LogP contribution in [0.25, 0.3) is 10.9 Å². The van der Waals surface area contributed by atoms with E-state index >= 15 is 0 Å². The number of anilines is 2. The second kappa shape index (κ2) is 9.70. The standard InChI is InChI=1S/C18H26N6O2S/c1-2-19-16-12-15-14(11-17(16)24(25)26)18(22-13-21-15)20-5-3-4-6-23-7-9-27-10-8-23/h11-13,19H,2-10H2,1H3,(H,20,21,22). The molecular weight excluding hydrogens is 364 g/mol. The average Bonchev–Trinajstić information content (AvgIpc) is 2.68. The van der Waals surface area contributed by atoms with Crippen LogP contribution in [-0.4, -0.2) is 64.0 Å². The van der Waals surface area contributed by atoms with Crippen molar-refractivity contribution in [3.8, 4) is 0 Å². The Bertz CT molecular complexity index is 782. The number of unbranched alkanes of at least 4 members (excludes halogenated alkanes) is 1. The number of nitro groups is 1. The van der Waals surface area contributed by atoms with E-state index in [4.69, 9.17) is 0 Å². The van der Waals surface area contributed by atoms with Gasteiger partial charge in [0, 0.05) is 49.1 Å². The van der Waals surface area contributed by atoms with Gasteiger partial charge >= 0.3 is 0 Å². The number of thioether (sulfide) groups is 1. The number of nitrogens with one attached hydrogen (secondary N) is 2. The van der Waals surface area contributed by atoms with Gasteiger partial charge in [-0.15, -0.1) is 0 Å². The molecule has 8 nitrogen and oxygen atoms in total. The quantitative estimate of drug-likeness (QED) is 0.383. The van der Waals surface area contributed by atoms with E-state index in [-0.39, 0.29) is 10.6 Å². The van der Waals surface area contributed by atoms with Crippen LogP contribution >= 0.6 is 11.8 Å². The number of benzene rings is 1. The zero-order chi connectivity index (χ0) is 19.1. The maximum absolute atomic E-state index is 11.4. The van der Waals surface area contributed by atoms with Crippen molar-refractivity contribution in [2.24, 2.45) is 0 Å². The summed E-state index contributed by atoms with van der Waals surface area (Å²) in [6.45, 7) is 6.81. The Morgan fingerprint density at radius 1 is 1.22 bits per heavy atom. The Morgan fingerprint density at radius 3 is 2.78 bits per heavy atom. The van der Waals surface area contributed by atoms with Crippen molar-refractivity contribution < 1.29 is 4.92 Å². The zero-order valence-electron chi connectivity index (χ0n) is 15.6. The highest BCUT2D eigenvalue weighted by Gasteiger charge is 2.17. The summed E-state index contributed by atoms with van der Waals surface area (Å²) in [5.74, 6) is 3.12. The molecular formula is C18H26N6O2S. The molecule has 1 aliphatic heterocycles. The molecule has 9 heteroatoms. The van der Waals surface area contributed by atoms with Crippen molar-refractivity contribution in [3.63, 3.8) is 0 Å². The molecule has 1 aromatic heterocycles. The fourth-order valence-electron chi connectivity index (χ4n) is 3.21. The van der Waals surface area contributed by atoms with Crippen LogP contribution in [0.1, 0.15) is 19.8 Å². The van der Waals surface area contributed by atoms with Crippen molar-refractivity contribution in [2.45, 2.75) is 19.8 Å². The van der Waals surface area contributed by atoms with Crippen molar-refractivity contribution in [1.29, 1.82) is 0 Å². The van der Waals surface area contributed by atoms with Gasteiger partial charge in [-0.25, -0.2) is 9.97 Å². The first kappa shape index (κ1) is 19.6. The number of fused-ring (bicyclic) bond motifs is 1.